The third kappa shape index (κ3) is 4.27. The van der Waals surface area contributed by atoms with Crippen molar-refractivity contribution in [3.63, 3.8) is 0 Å². The van der Waals surface area contributed by atoms with Crippen LogP contribution in [0.3, 0.4) is 0 Å². The van der Waals surface area contributed by atoms with Crippen LogP contribution in [0.15, 0.2) is 24.3 Å². The average molecular weight is 376 g/mol. The first-order valence-corrected chi connectivity index (χ1v) is 9.52. The van der Waals surface area contributed by atoms with E-state index in [1.165, 1.54) is 23.5 Å². The molecule has 3 rings (SSSR count). The molecular formula is C19H21FN2O3S. The van der Waals surface area contributed by atoms with E-state index in [1.807, 2.05) is 0 Å². The molecule has 1 aliphatic carbocycles. The first-order valence-electron chi connectivity index (χ1n) is 8.70. The van der Waals surface area contributed by atoms with Gasteiger partial charge < -0.3 is 4.74 Å². The molecular weight excluding hydrogens is 355 g/mol. The Labute approximate surface area is 155 Å². The fraction of sp³-hybridized carbons (Fsp3) is 0.421. The molecule has 138 valence electrons. The molecule has 1 amide bonds. The third-order valence-corrected chi connectivity index (χ3v) is 5.31. The van der Waals surface area contributed by atoms with Gasteiger partial charge in [-0.3, -0.25) is 9.69 Å². The van der Waals surface area contributed by atoms with Gasteiger partial charge in [-0.15, -0.1) is 0 Å². The standard InChI is InChI=1S/C19H21FN2O3S/c1-3-25-18(24)17-12(2)21-19(26-17)22(15-9-10-15)16(23)11-6-13-4-7-14(20)8-5-13/h4-5,7-8,15H,3,6,9-11H2,1-2H3. The number of anilines is 1. The normalized spacial score (nSPS) is 13.5. The summed E-state index contributed by atoms with van der Waals surface area (Å²) in [5, 5.41) is 0.553. The maximum absolute atomic E-state index is 13.0. The quantitative estimate of drug-likeness (QED) is 0.688. The zero-order chi connectivity index (χ0) is 18.7. The van der Waals surface area contributed by atoms with Crippen molar-refractivity contribution in [2.24, 2.45) is 0 Å². The molecule has 0 unspecified atom stereocenters. The number of ether oxygens (including phenoxy) is 1. The minimum atomic E-state index is -0.400. The van der Waals surface area contributed by atoms with Crippen LogP contribution in [0.25, 0.3) is 0 Å². The zero-order valence-electron chi connectivity index (χ0n) is 14.8. The molecule has 5 nitrogen and oxygen atoms in total. The van der Waals surface area contributed by atoms with Crippen molar-refractivity contribution in [1.82, 2.24) is 4.98 Å². The van der Waals surface area contributed by atoms with Gasteiger partial charge in [-0.1, -0.05) is 23.5 Å². The Hall–Kier alpha value is -2.28. The van der Waals surface area contributed by atoms with E-state index in [-0.39, 0.29) is 17.8 Å². The first kappa shape index (κ1) is 18.5. The van der Waals surface area contributed by atoms with Crippen LogP contribution >= 0.6 is 11.3 Å². The summed E-state index contributed by atoms with van der Waals surface area (Å²) in [4.78, 5) is 31.4. The predicted octanol–water partition coefficient (Wildman–Crippen LogP) is 3.90. The van der Waals surface area contributed by atoms with Crippen molar-refractivity contribution in [3.8, 4) is 0 Å². The lowest BCUT2D eigenvalue weighted by Gasteiger charge is -2.19. The van der Waals surface area contributed by atoms with Crippen molar-refractivity contribution < 1.29 is 18.7 Å². The third-order valence-electron chi connectivity index (χ3n) is 4.17. The Morgan fingerprint density at radius 3 is 2.62 bits per heavy atom. The van der Waals surface area contributed by atoms with Crippen LogP contribution in [0.4, 0.5) is 9.52 Å². The fourth-order valence-electron chi connectivity index (χ4n) is 2.69. The fourth-order valence-corrected chi connectivity index (χ4v) is 3.74. The SMILES string of the molecule is CCOC(=O)c1sc(N(C(=O)CCc2ccc(F)cc2)C2CC2)nc1C. The van der Waals surface area contributed by atoms with Gasteiger partial charge in [0.15, 0.2) is 5.13 Å². The summed E-state index contributed by atoms with van der Waals surface area (Å²) in [5.74, 6) is -0.714. The molecule has 0 aliphatic heterocycles. The second-order valence-electron chi connectivity index (χ2n) is 6.25. The molecule has 7 heteroatoms. The summed E-state index contributed by atoms with van der Waals surface area (Å²) < 4.78 is 18.0. The molecule has 1 aliphatic rings. The number of thiazole rings is 1. The highest BCUT2D eigenvalue weighted by molar-refractivity contribution is 7.17. The molecule has 0 N–H and O–H groups in total. The van der Waals surface area contributed by atoms with E-state index in [1.54, 1.807) is 30.9 Å². The molecule has 1 saturated carbocycles. The van der Waals surface area contributed by atoms with Gasteiger partial charge in [0, 0.05) is 12.5 Å². The van der Waals surface area contributed by atoms with Gasteiger partial charge in [0.25, 0.3) is 0 Å². The Balaban J connectivity index is 1.72. The van der Waals surface area contributed by atoms with Crippen molar-refractivity contribution >= 4 is 28.3 Å². The molecule has 26 heavy (non-hydrogen) atoms. The van der Waals surface area contributed by atoms with E-state index in [0.717, 1.165) is 18.4 Å². The second-order valence-corrected chi connectivity index (χ2v) is 7.23. The summed E-state index contributed by atoms with van der Waals surface area (Å²) >= 11 is 1.21. The Morgan fingerprint density at radius 2 is 2.00 bits per heavy atom. The number of rotatable bonds is 7. The van der Waals surface area contributed by atoms with E-state index in [4.69, 9.17) is 4.74 Å². The van der Waals surface area contributed by atoms with Crippen LogP contribution in [0.5, 0.6) is 0 Å². The topological polar surface area (TPSA) is 59.5 Å². The van der Waals surface area contributed by atoms with Crippen LogP contribution in [0, 0.1) is 12.7 Å². The van der Waals surface area contributed by atoms with Crippen molar-refractivity contribution in [1.29, 1.82) is 0 Å². The van der Waals surface area contributed by atoms with Crippen molar-refractivity contribution in [3.05, 3.63) is 46.2 Å². The molecule has 0 bridgehead atoms. The maximum atomic E-state index is 13.0. The van der Waals surface area contributed by atoms with Gasteiger partial charge in [-0.05, 0) is 50.8 Å². The highest BCUT2D eigenvalue weighted by Gasteiger charge is 2.36. The predicted molar refractivity (Wildman–Crippen MR) is 98.0 cm³/mol. The Morgan fingerprint density at radius 1 is 1.31 bits per heavy atom. The number of esters is 1. The number of amides is 1. The Kier molecular flexibility index (Phi) is 5.66. The van der Waals surface area contributed by atoms with Crippen LogP contribution in [0.2, 0.25) is 0 Å². The molecule has 1 aromatic carbocycles. The first-order chi connectivity index (χ1) is 12.5. The zero-order valence-corrected chi connectivity index (χ0v) is 15.6. The van der Waals surface area contributed by atoms with Crippen LogP contribution < -0.4 is 4.90 Å². The van der Waals surface area contributed by atoms with E-state index < -0.39 is 5.97 Å². The number of benzene rings is 1. The van der Waals surface area contributed by atoms with Crippen LogP contribution in [0.1, 0.15) is 47.1 Å². The van der Waals surface area contributed by atoms with Gasteiger partial charge in [0.2, 0.25) is 5.91 Å². The second kappa shape index (κ2) is 7.95. The van der Waals surface area contributed by atoms with E-state index >= 15 is 0 Å². The number of halogens is 1. The summed E-state index contributed by atoms with van der Waals surface area (Å²) in [5.41, 5.74) is 1.50. The number of carbonyl (C=O) groups excluding carboxylic acids is 2. The number of aromatic nitrogens is 1. The molecule has 0 spiro atoms. The van der Waals surface area contributed by atoms with Gasteiger partial charge in [0.05, 0.1) is 12.3 Å². The van der Waals surface area contributed by atoms with E-state index in [0.29, 0.717) is 35.2 Å². The molecule has 0 saturated heterocycles. The number of carbonyl (C=O) groups is 2. The highest BCUT2D eigenvalue weighted by Crippen LogP contribution is 2.36. The maximum Gasteiger partial charge on any atom is 0.350 e. The summed E-state index contributed by atoms with van der Waals surface area (Å²) in [6, 6.07) is 6.33. The van der Waals surface area contributed by atoms with Gasteiger partial charge in [-0.25, -0.2) is 14.2 Å². The average Bonchev–Trinajstić information content (AvgIpc) is 3.36. The van der Waals surface area contributed by atoms with E-state index in [2.05, 4.69) is 4.98 Å². The van der Waals surface area contributed by atoms with Crippen LogP contribution in [-0.4, -0.2) is 29.5 Å². The van der Waals surface area contributed by atoms with Gasteiger partial charge in [-0.2, -0.15) is 0 Å². The minimum absolute atomic E-state index is 0.0269. The summed E-state index contributed by atoms with van der Waals surface area (Å²) in [6.07, 6.45) is 2.73. The molecule has 1 heterocycles. The molecule has 0 atom stereocenters. The number of aryl methyl sites for hydroxylation is 2. The summed E-state index contributed by atoms with van der Waals surface area (Å²) in [7, 11) is 0. The largest absolute Gasteiger partial charge is 0.462 e. The smallest absolute Gasteiger partial charge is 0.350 e. The van der Waals surface area contributed by atoms with Gasteiger partial charge in [0.1, 0.15) is 10.7 Å². The van der Waals surface area contributed by atoms with Crippen LogP contribution in [-0.2, 0) is 16.0 Å². The van der Waals surface area contributed by atoms with E-state index in [9.17, 15) is 14.0 Å². The minimum Gasteiger partial charge on any atom is -0.462 e. The van der Waals surface area contributed by atoms with Gasteiger partial charge >= 0.3 is 5.97 Å². The number of hydrogen-bond donors (Lipinski definition) is 0. The Bertz CT molecular complexity index is 800. The molecule has 1 fully saturated rings. The molecule has 2 aromatic rings. The highest BCUT2D eigenvalue weighted by atomic mass is 32.1. The van der Waals surface area contributed by atoms with Crippen molar-refractivity contribution in [2.45, 2.75) is 45.6 Å². The molecule has 0 radical (unpaired) electrons. The molecule has 1 aromatic heterocycles. The summed E-state index contributed by atoms with van der Waals surface area (Å²) in [6.45, 7) is 3.80. The lowest BCUT2D eigenvalue weighted by Crippen LogP contribution is -2.33. The van der Waals surface area contributed by atoms with Crippen molar-refractivity contribution in [2.75, 3.05) is 11.5 Å². The number of nitrogens with zero attached hydrogens (tertiary/aromatic N) is 2. The lowest BCUT2D eigenvalue weighted by atomic mass is 10.1. The lowest BCUT2D eigenvalue weighted by molar-refractivity contribution is -0.118. The monoisotopic (exact) mass is 376 g/mol. The number of hydrogen-bond acceptors (Lipinski definition) is 5.